The largest absolute Gasteiger partial charge is 0.339 e. The molecule has 0 aliphatic carbocycles. The summed E-state index contributed by atoms with van der Waals surface area (Å²) in [5.74, 6) is -2.15. The quantitative estimate of drug-likeness (QED) is 0.640. The van der Waals surface area contributed by atoms with Crippen molar-refractivity contribution in [3.05, 3.63) is 63.7 Å². The highest BCUT2D eigenvalue weighted by Gasteiger charge is 2.25. The number of nitrogens with zero attached hydrogens (tertiary/aromatic N) is 3. The van der Waals surface area contributed by atoms with E-state index in [0.29, 0.717) is 17.3 Å². The maximum absolute atomic E-state index is 13.6. The van der Waals surface area contributed by atoms with E-state index in [4.69, 9.17) is 5.26 Å². The number of nitriles is 1. The van der Waals surface area contributed by atoms with Crippen LogP contribution >= 0.6 is 0 Å². The summed E-state index contributed by atoms with van der Waals surface area (Å²) in [6.07, 6.45) is 0. The average Bonchev–Trinajstić information content (AvgIpc) is 2.45. The van der Waals surface area contributed by atoms with Crippen LogP contribution in [-0.2, 0) is 0 Å². The third-order valence-corrected chi connectivity index (χ3v) is 2.94. The highest BCUT2D eigenvalue weighted by atomic mass is 19.1. The van der Waals surface area contributed by atoms with Crippen molar-refractivity contribution < 1.29 is 13.7 Å². The lowest BCUT2D eigenvalue weighted by Gasteiger charge is -2.19. The molecule has 2 rings (SSSR count). The number of nitro benzene ring substituents is 1. The Labute approximate surface area is 118 Å². The molecule has 5 nitrogen and oxygen atoms in total. The molecule has 0 N–H and O–H groups in total. The smallest absolute Gasteiger partial charge is 0.328 e. The van der Waals surface area contributed by atoms with E-state index < -0.39 is 22.2 Å². The second-order valence-corrected chi connectivity index (χ2v) is 4.23. The summed E-state index contributed by atoms with van der Waals surface area (Å²) in [5.41, 5.74) is -0.139. The summed E-state index contributed by atoms with van der Waals surface area (Å²) in [5, 5.41) is 19.7. The number of halogens is 2. The summed E-state index contributed by atoms with van der Waals surface area (Å²) in [4.78, 5) is 11.3. The molecule has 0 fully saturated rings. The molecule has 0 spiro atoms. The van der Waals surface area contributed by atoms with E-state index in [1.54, 1.807) is 0 Å². The Balaban J connectivity index is 2.54. The van der Waals surface area contributed by atoms with Crippen LogP contribution in [0.3, 0.4) is 0 Å². The van der Waals surface area contributed by atoms with Gasteiger partial charge in [0, 0.05) is 24.9 Å². The van der Waals surface area contributed by atoms with Crippen molar-refractivity contribution in [2.75, 3.05) is 11.9 Å². The van der Waals surface area contributed by atoms with Crippen molar-refractivity contribution in [2.24, 2.45) is 0 Å². The van der Waals surface area contributed by atoms with Gasteiger partial charge in [-0.3, -0.25) is 10.1 Å². The van der Waals surface area contributed by atoms with Crippen LogP contribution in [0.4, 0.5) is 25.8 Å². The van der Waals surface area contributed by atoms with Gasteiger partial charge in [0.05, 0.1) is 16.6 Å². The Morgan fingerprint density at radius 1 is 1.24 bits per heavy atom. The van der Waals surface area contributed by atoms with Gasteiger partial charge in [0.2, 0.25) is 5.82 Å². The Morgan fingerprint density at radius 2 is 1.86 bits per heavy atom. The fraction of sp³-hybridized carbons (Fsp3) is 0.0714. The fourth-order valence-electron chi connectivity index (χ4n) is 1.89. The van der Waals surface area contributed by atoms with Crippen LogP contribution in [0.2, 0.25) is 0 Å². The summed E-state index contributed by atoms with van der Waals surface area (Å²) in [6.45, 7) is 0. The van der Waals surface area contributed by atoms with Gasteiger partial charge in [0.25, 0.3) is 0 Å². The van der Waals surface area contributed by atoms with E-state index >= 15 is 0 Å². The molecule has 0 atom stereocenters. The zero-order valence-corrected chi connectivity index (χ0v) is 10.9. The van der Waals surface area contributed by atoms with Crippen LogP contribution in [0.15, 0.2) is 36.4 Å². The number of anilines is 2. The Morgan fingerprint density at radius 3 is 2.38 bits per heavy atom. The first-order valence-electron chi connectivity index (χ1n) is 5.81. The van der Waals surface area contributed by atoms with Crippen LogP contribution in [-0.4, -0.2) is 12.0 Å². The highest BCUT2D eigenvalue weighted by molar-refractivity contribution is 5.72. The predicted molar refractivity (Wildman–Crippen MR) is 72.2 cm³/mol. The first-order chi connectivity index (χ1) is 9.93. The molecule has 0 aliphatic heterocycles. The number of hydrogen-bond donors (Lipinski definition) is 0. The summed E-state index contributed by atoms with van der Waals surface area (Å²) >= 11 is 0. The maximum atomic E-state index is 13.6. The average molecular weight is 289 g/mol. The van der Waals surface area contributed by atoms with E-state index in [-0.39, 0.29) is 5.69 Å². The molecule has 2 aromatic rings. The van der Waals surface area contributed by atoms with Crippen LogP contribution < -0.4 is 4.90 Å². The van der Waals surface area contributed by atoms with Gasteiger partial charge in [0.15, 0.2) is 0 Å². The molecular weight excluding hydrogens is 280 g/mol. The van der Waals surface area contributed by atoms with Gasteiger partial charge in [-0.25, -0.2) is 4.39 Å². The SMILES string of the molecule is CN(c1ccc(C#N)cc1)c1cc(F)cc(F)c1[N+](=O)[O-]. The molecule has 0 saturated carbocycles. The van der Waals surface area contributed by atoms with E-state index in [1.165, 1.54) is 36.2 Å². The number of rotatable bonds is 3. The van der Waals surface area contributed by atoms with Gasteiger partial charge in [-0.2, -0.15) is 9.65 Å². The first kappa shape index (κ1) is 14.4. The minimum absolute atomic E-state index is 0.206. The molecule has 0 heterocycles. The van der Waals surface area contributed by atoms with Crippen molar-refractivity contribution in [3.63, 3.8) is 0 Å². The fourth-order valence-corrected chi connectivity index (χ4v) is 1.89. The van der Waals surface area contributed by atoms with Gasteiger partial charge in [-0.05, 0) is 24.3 Å². The maximum Gasteiger partial charge on any atom is 0.328 e. The van der Waals surface area contributed by atoms with Crippen LogP contribution in [0.25, 0.3) is 0 Å². The third kappa shape index (κ3) is 2.79. The molecule has 21 heavy (non-hydrogen) atoms. The van der Waals surface area contributed by atoms with Gasteiger partial charge in [-0.15, -0.1) is 0 Å². The van der Waals surface area contributed by atoms with E-state index in [2.05, 4.69) is 0 Å². The number of hydrogen-bond acceptors (Lipinski definition) is 4. The molecule has 2 aromatic carbocycles. The number of benzene rings is 2. The standard InChI is InChI=1S/C14H9F2N3O2/c1-18(11-4-2-9(8-17)3-5-11)13-7-10(15)6-12(16)14(13)19(20)21/h2-7H,1H3. The minimum atomic E-state index is -1.24. The topological polar surface area (TPSA) is 70.2 Å². The Bertz CT molecular complexity index is 739. The van der Waals surface area contributed by atoms with E-state index in [9.17, 15) is 18.9 Å². The molecule has 0 aliphatic rings. The third-order valence-electron chi connectivity index (χ3n) is 2.94. The zero-order valence-electron chi connectivity index (χ0n) is 10.9. The van der Waals surface area contributed by atoms with Crippen molar-refractivity contribution in [1.82, 2.24) is 0 Å². The molecule has 0 saturated heterocycles. The molecule has 106 valence electrons. The minimum Gasteiger partial charge on any atom is -0.339 e. The van der Waals surface area contributed by atoms with Gasteiger partial charge < -0.3 is 4.90 Å². The number of nitro groups is 1. The molecule has 0 bridgehead atoms. The molecule has 7 heteroatoms. The van der Waals surface area contributed by atoms with E-state index in [1.807, 2.05) is 6.07 Å². The van der Waals surface area contributed by atoms with Crippen LogP contribution in [0.5, 0.6) is 0 Å². The van der Waals surface area contributed by atoms with E-state index in [0.717, 1.165) is 6.07 Å². The monoisotopic (exact) mass is 289 g/mol. The molecule has 0 amide bonds. The second kappa shape index (κ2) is 5.54. The Hall–Kier alpha value is -3.01. The van der Waals surface area contributed by atoms with Crippen molar-refractivity contribution in [2.45, 2.75) is 0 Å². The van der Waals surface area contributed by atoms with Gasteiger partial charge in [-0.1, -0.05) is 0 Å². The lowest BCUT2D eigenvalue weighted by atomic mass is 10.2. The molecular formula is C14H9F2N3O2. The molecule has 0 radical (unpaired) electrons. The van der Waals surface area contributed by atoms with Crippen molar-refractivity contribution in [3.8, 4) is 6.07 Å². The van der Waals surface area contributed by atoms with Crippen LogP contribution in [0, 0.1) is 33.1 Å². The summed E-state index contributed by atoms with van der Waals surface area (Å²) in [7, 11) is 1.45. The van der Waals surface area contributed by atoms with Crippen molar-refractivity contribution in [1.29, 1.82) is 5.26 Å². The molecule has 0 aromatic heterocycles. The first-order valence-corrected chi connectivity index (χ1v) is 5.81. The van der Waals surface area contributed by atoms with Gasteiger partial charge in [0.1, 0.15) is 11.5 Å². The summed E-state index contributed by atoms with van der Waals surface area (Å²) in [6, 6.07) is 9.37. The Kier molecular flexibility index (Phi) is 3.80. The van der Waals surface area contributed by atoms with Crippen molar-refractivity contribution >= 4 is 17.1 Å². The summed E-state index contributed by atoms with van der Waals surface area (Å²) < 4.78 is 26.9. The second-order valence-electron chi connectivity index (χ2n) is 4.23. The lowest BCUT2D eigenvalue weighted by molar-refractivity contribution is -0.386. The zero-order chi connectivity index (χ0) is 15.6. The molecule has 0 unspecified atom stereocenters. The normalized spacial score (nSPS) is 10.0. The van der Waals surface area contributed by atoms with Crippen LogP contribution in [0.1, 0.15) is 5.56 Å². The lowest BCUT2D eigenvalue weighted by Crippen LogP contribution is -2.13. The predicted octanol–water partition coefficient (Wildman–Crippen LogP) is 3.51. The highest BCUT2D eigenvalue weighted by Crippen LogP contribution is 2.35. The van der Waals surface area contributed by atoms with Gasteiger partial charge >= 0.3 is 5.69 Å².